The summed E-state index contributed by atoms with van der Waals surface area (Å²) in [6.07, 6.45) is 0. The van der Waals surface area contributed by atoms with Crippen molar-refractivity contribution in [3.63, 3.8) is 0 Å². The van der Waals surface area contributed by atoms with Gasteiger partial charge in [-0.1, -0.05) is 121 Å². The molecule has 42 heavy (non-hydrogen) atoms. The molecular weight excluding hydrogens is 508 g/mol. The van der Waals surface area contributed by atoms with E-state index in [9.17, 15) is 0 Å². The molecule has 0 saturated heterocycles. The van der Waals surface area contributed by atoms with Crippen LogP contribution in [0.2, 0.25) is 0 Å². The monoisotopic (exact) mass is 532 g/mol. The third-order valence-electron chi connectivity index (χ3n) is 9.58. The van der Waals surface area contributed by atoms with Crippen LogP contribution in [0.3, 0.4) is 0 Å². The van der Waals surface area contributed by atoms with Crippen LogP contribution in [-0.4, -0.2) is 4.98 Å². The molecule has 0 bridgehead atoms. The normalized spacial score (nSPS) is 14.3. The lowest BCUT2D eigenvalue weighted by Crippen LogP contribution is -2.36. The minimum Gasteiger partial charge on any atom is -0.310 e. The van der Waals surface area contributed by atoms with E-state index in [0.717, 1.165) is 17.1 Å². The van der Waals surface area contributed by atoms with Crippen molar-refractivity contribution >= 4 is 27.8 Å². The van der Waals surface area contributed by atoms with Crippen LogP contribution in [0.25, 0.3) is 44.4 Å². The quantitative estimate of drug-likeness (QED) is 0.209. The van der Waals surface area contributed by atoms with Crippen LogP contribution in [0.1, 0.15) is 22.3 Å². The number of fused-ring (bicyclic) bond motifs is 13. The Morgan fingerprint density at radius 1 is 0.429 bits per heavy atom. The fraction of sp³-hybridized carbons (Fsp3) is 0.0250. The minimum atomic E-state index is -0.511. The summed E-state index contributed by atoms with van der Waals surface area (Å²) in [5, 5.41) is 2.56. The van der Waals surface area contributed by atoms with Crippen LogP contribution < -0.4 is 4.90 Å². The van der Waals surface area contributed by atoms with Gasteiger partial charge in [0.15, 0.2) is 0 Å². The van der Waals surface area contributed by atoms with E-state index >= 15 is 0 Å². The lowest BCUT2D eigenvalue weighted by atomic mass is 9.64. The van der Waals surface area contributed by atoms with Gasteiger partial charge < -0.3 is 4.90 Å². The third kappa shape index (κ3) is 2.50. The summed E-state index contributed by atoms with van der Waals surface area (Å²) >= 11 is 0. The van der Waals surface area contributed by atoms with Crippen molar-refractivity contribution in [2.24, 2.45) is 0 Å². The first kappa shape index (κ1) is 22.2. The highest BCUT2D eigenvalue weighted by atomic mass is 15.2. The minimum absolute atomic E-state index is 0.511. The Morgan fingerprint density at radius 3 is 1.74 bits per heavy atom. The van der Waals surface area contributed by atoms with Gasteiger partial charge in [0, 0.05) is 27.8 Å². The van der Waals surface area contributed by atoms with Crippen LogP contribution in [0.15, 0.2) is 146 Å². The Hall–Kier alpha value is -5.47. The number of pyridine rings is 1. The van der Waals surface area contributed by atoms with E-state index in [4.69, 9.17) is 4.98 Å². The predicted molar refractivity (Wildman–Crippen MR) is 172 cm³/mol. The molecule has 3 aliphatic rings. The molecule has 0 unspecified atom stereocenters. The third-order valence-corrected chi connectivity index (χ3v) is 9.58. The first-order chi connectivity index (χ1) is 20.9. The summed E-state index contributed by atoms with van der Waals surface area (Å²) in [4.78, 5) is 8.02. The standard InChI is InChI=1S/C40H24N2/c1-2-13-25(14-3-1)42-34-23-10-8-21-32(34)40(33-22-9-11-24-35(33)42)31-20-7-6-17-29(31)39-37(40)30-19-12-18-27-26-15-4-5-16-28(26)38(41-39)36(27)30/h1-24H. The number of anilines is 3. The fourth-order valence-corrected chi connectivity index (χ4v) is 8.10. The molecule has 1 spiro atoms. The van der Waals surface area contributed by atoms with E-state index < -0.39 is 5.41 Å². The molecule has 1 aliphatic heterocycles. The molecule has 2 nitrogen and oxygen atoms in total. The highest BCUT2D eigenvalue weighted by Crippen LogP contribution is 2.65. The molecule has 0 amide bonds. The molecule has 0 radical (unpaired) electrons. The Kier molecular flexibility index (Phi) is 4.15. The lowest BCUT2D eigenvalue weighted by molar-refractivity contribution is 0.758. The van der Waals surface area contributed by atoms with Crippen LogP contribution in [-0.2, 0) is 5.41 Å². The summed E-state index contributed by atoms with van der Waals surface area (Å²) in [5.74, 6) is 0. The second-order valence-electron chi connectivity index (χ2n) is 11.5. The summed E-state index contributed by atoms with van der Waals surface area (Å²) in [5.41, 5.74) is 15.4. The first-order valence-corrected chi connectivity index (χ1v) is 14.6. The molecule has 10 rings (SSSR count). The van der Waals surface area contributed by atoms with Crippen molar-refractivity contribution in [1.82, 2.24) is 4.98 Å². The molecule has 2 heterocycles. The second-order valence-corrected chi connectivity index (χ2v) is 11.5. The van der Waals surface area contributed by atoms with Crippen molar-refractivity contribution in [2.45, 2.75) is 5.41 Å². The Morgan fingerprint density at radius 2 is 1.00 bits per heavy atom. The Labute approximate surface area is 244 Å². The Balaban J connectivity index is 1.42. The van der Waals surface area contributed by atoms with E-state index in [1.165, 1.54) is 66.7 Å². The molecule has 6 aromatic carbocycles. The molecular formula is C40H24N2. The van der Waals surface area contributed by atoms with Crippen LogP contribution >= 0.6 is 0 Å². The van der Waals surface area contributed by atoms with Crippen molar-refractivity contribution in [3.8, 4) is 33.6 Å². The van der Waals surface area contributed by atoms with Gasteiger partial charge in [-0.25, -0.2) is 4.98 Å². The molecule has 1 aromatic heterocycles. The maximum Gasteiger partial charge on any atom is 0.0800 e. The number of benzene rings is 6. The van der Waals surface area contributed by atoms with E-state index in [2.05, 4.69) is 150 Å². The van der Waals surface area contributed by atoms with Crippen molar-refractivity contribution < 1.29 is 0 Å². The van der Waals surface area contributed by atoms with Crippen LogP contribution in [0.4, 0.5) is 17.1 Å². The predicted octanol–water partition coefficient (Wildman–Crippen LogP) is 10.0. The van der Waals surface area contributed by atoms with Gasteiger partial charge in [-0.05, 0) is 57.5 Å². The van der Waals surface area contributed by atoms with E-state index in [0.29, 0.717) is 0 Å². The van der Waals surface area contributed by atoms with Crippen molar-refractivity contribution in [1.29, 1.82) is 0 Å². The molecule has 2 aliphatic carbocycles. The second kappa shape index (κ2) is 7.84. The summed E-state index contributed by atoms with van der Waals surface area (Å²) in [6.45, 7) is 0. The fourth-order valence-electron chi connectivity index (χ4n) is 8.10. The number of hydrogen-bond donors (Lipinski definition) is 0. The lowest BCUT2D eigenvalue weighted by Gasteiger charge is -2.45. The Bertz CT molecular complexity index is 2220. The van der Waals surface area contributed by atoms with Gasteiger partial charge in [0.05, 0.1) is 28.2 Å². The number of hydrogen-bond acceptors (Lipinski definition) is 2. The van der Waals surface area contributed by atoms with Gasteiger partial charge in [0.2, 0.25) is 0 Å². The van der Waals surface area contributed by atoms with Gasteiger partial charge in [0.25, 0.3) is 0 Å². The van der Waals surface area contributed by atoms with Gasteiger partial charge in [-0.2, -0.15) is 0 Å². The van der Waals surface area contributed by atoms with Crippen LogP contribution in [0, 0.1) is 0 Å². The highest BCUT2D eigenvalue weighted by molar-refractivity contribution is 6.17. The zero-order valence-electron chi connectivity index (χ0n) is 22.8. The zero-order valence-corrected chi connectivity index (χ0v) is 22.8. The van der Waals surface area contributed by atoms with Gasteiger partial charge in [-0.15, -0.1) is 0 Å². The summed E-state index contributed by atoms with van der Waals surface area (Å²) < 4.78 is 0. The number of nitrogens with zero attached hydrogens (tertiary/aromatic N) is 2. The summed E-state index contributed by atoms with van der Waals surface area (Å²) in [7, 11) is 0. The molecule has 0 N–H and O–H groups in total. The SMILES string of the molecule is c1ccc(N2c3ccccc3C3(c4ccccc4-c4nc5c6c(cccc6c43)-c3ccccc3-5)c3ccccc32)cc1. The number of rotatable bonds is 1. The van der Waals surface area contributed by atoms with Gasteiger partial charge in [-0.3, -0.25) is 0 Å². The van der Waals surface area contributed by atoms with Gasteiger partial charge >= 0.3 is 0 Å². The molecule has 2 heteroatoms. The maximum absolute atomic E-state index is 5.59. The zero-order chi connectivity index (χ0) is 27.4. The van der Waals surface area contributed by atoms with Crippen LogP contribution in [0.5, 0.6) is 0 Å². The van der Waals surface area contributed by atoms with Crippen molar-refractivity contribution in [2.75, 3.05) is 4.90 Å². The van der Waals surface area contributed by atoms with E-state index in [1.54, 1.807) is 0 Å². The number of aromatic nitrogens is 1. The molecule has 194 valence electrons. The van der Waals surface area contributed by atoms with E-state index in [-0.39, 0.29) is 0 Å². The first-order valence-electron chi connectivity index (χ1n) is 14.6. The molecule has 0 atom stereocenters. The topological polar surface area (TPSA) is 16.1 Å². The van der Waals surface area contributed by atoms with E-state index in [1.807, 2.05) is 0 Å². The van der Waals surface area contributed by atoms with Crippen molar-refractivity contribution in [3.05, 3.63) is 168 Å². The largest absolute Gasteiger partial charge is 0.310 e. The average molecular weight is 533 g/mol. The number of para-hydroxylation sites is 3. The van der Waals surface area contributed by atoms with Gasteiger partial charge in [0.1, 0.15) is 0 Å². The maximum atomic E-state index is 5.59. The summed E-state index contributed by atoms with van der Waals surface area (Å²) in [6, 6.07) is 53.2. The average Bonchev–Trinajstić information content (AvgIpc) is 3.54. The molecule has 7 aromatic rings. The molecule has 0 saturated carbocycles. The smallest absolute Gasteiger partial charge is 0.0800 e. The highest BCUT2D eigenvalue weighted by Gasteiger charge is 2.53. The molecule has 0 fully saturated rings.